The molecule has 0 amide bonds. The molecule has 0 unspecified atom stereocenters. The zero-order valence-electron chi connectivity index (χ0n) is 9.05. The molecular weight excluding hydrogens is 190 g/mol. The second-order valence-electron chi connectivity index (χ2n) is 4.75. The SMILES string of the molecule is Cc1ccc(C2(N)CCC(C)CC2)s1. The highest BCUT2D eigenvalue weighted by Gasteiger charge is 2.32. The summed E-state index contributed by atoms with van der Waals surface area (Å²) in [7, 11) is 0. The lowest BCUT2D eigenvalue weighted by molar-refractivity contribution is 0.252. The van der Waals surface area contributed by atoms with E-state index in [4.69, 9.17) is 5.73 Å². The predicted molar refractivity (Wildman–Crippen MR) is 62.6 cm³/mol. The maximum atomic E-state index is 6.47. The van der Waals surface area contributed by atoms with E-state index in [0.717, 1.165) is 18.8 Å². The number of rotatable bonds is 1. The van der Waals surface area contributed by atoms with Crippen LogP contribution in [-0.4, -0.2) is 0 Å². The third-order valence-corrected chi connectivity index (χ3v) is 4.62. The Hall–Kier alpha value is -0.340. The van der Waals surface area contributed by atoms with E-state index in [2.05, 4.69) is 26.0 Å². The van der Waals surface area contributed by atoms with E-state index in [1.807, 2.05) is 11.3 Å². The number of thiophene rings is 1. The number of hydrogen-bond donors (Lipinski definition) is 1. The van der Waals surface area contributed by atoms with Gasteiger partial charge in [0.1, 0.15) is 0 Å². The summed E-state index contributed by atoms with van der Waals surface area (Å²) in [5, 5.41) is 0. The van der Waals surface area contributed by atoms with Crippen molar-refractivity contribution in [3.63, 3.8) is 0 Å². The van der Waals surface area contributed by atoms with E-state index in [1.165, 1.54) is 22.6 Å². The van der Waals surface area contributed by atoms with Crippen molar-refractivity contribution in [2.24, 2.45) is 11.7 Å². The van der Waals surface area contributed by atoms with Crippen molar-refractivity contribution < 1.29 is 0 Å². The fourth-order valence-electron chi connectivity index (χ4n) is 2.23. The van der Waals surface area contributed by atoms with Crippen molar-refractivity contribution >= 4 is 11.3 Å². The Kier molecular flexibility index (Phi) is 2.67. The molecule has 1 aromatic heterocycles. The van der Waals surface area contributed by atoms with Crippen molar-refractivity contribution in [2.75, 3.05) is 0 Å². The Labute approximate surface area is 90.3 Å². The summed E-state index contributed by atoms with van der Waals surface area (Å²) >= 11 is 1.87. The molecule has 78 valence electrons. The molecule has 14 heavy (non-hydrogen) atoms. The van der Waals surface area contributed by atoms with Crippen LogP contribution in [0.5, 0.6) is 0 Å². The fourth-order valence-corrected chi connectivity index (χ4v) is 3.25. The molecule has 0 aromatic carbocycles. The Bertz CT molecular complexity index is 308. The van der Waals surface area contributed by atoms with Crippen LogP contribution in [0.15, 0.2) is 12.1 Å². The number of hydrogen-bond acceptors (Lipinski definition) is 2. The first-order valence-corrected chi connectivity index (χ1v) is 6.28. The first-order chi connectivity index (χ1) is 6.60. The Morgan fingerprint density at radius 3 is 2.50 bits per heavy atom. The molecule has 1 fully saturated rings. The topological polar surface area (TPSA) is 26.0 Å². The average Bonchev–Trinajstić information content (AvgIpc) is 2.58. The summed E-state index contributed by atoms with van der Waals surface area (Å²) < 4.78 is 0. The molecule has 1 nitrogen and oxygen atoms in total. The lowest BCUT2D eigenvalue weighted by Gasteiger charge is -2.35. The molecule has 0 bridgehead atoms. The molecular formula is C12H19NS. The third kappa shape index (κ3) is 1.86. The highest BCUT2D eigenvalue weighted by atomic mass is 32.1. The van der Waals surface area contributed by atoms with Crippen LogP contribution in [-0.2, 0) is 5.54 Å². The van der Waals surface area contributed by atoms with Crippen molar-refractivity contribution in [2.45, 2.75) is 45.1 Å². The van der Waals surface area contributed by atoms with E-state index in [-0.39, 0.29) is 5.54 Å². The summed E-state index contributed by atoms with van der Waals surface area (Å²) in [6.45, 7) is 4.49. The van der Waals surface area contributed by atoms with Crippen LogP contribution in [0, 0.1) is 12.8 Å². The van der Waals surface area contributed by atoms with Gasteiger partial charge in [-0.25, -0.2) is 0 Å². The summed E-state index contributed by atoms with van der Waals surface area (Å²) in [4.78, 5) is 2.77. The van der Waals surface area contributed by atoms with Gasteiger partial charge in [-0.3, -0.25) is 0 Å². The van der Waals surface area contributed by atoms with Gasteiger partial charge in [0.2, 0.25) is 0 Å². The summed E-state index contributed by atoms with van der Waals surface area (Å²) in [5.41, 5.74) is 6.46. The molecule has 2 N–H and O–H groups in total. The van der Waals surface area contributed by atoms with Gasteiger partial charge in [0, 0.05) is 9.75 Å². The van der Waals surface area contributed by atoms with E-state index in [0.29, 0.717) is 0 Å². The molecule has 0 aliphatic heterocycles. The molecule has 1 aromatic rings. The highest BCUT2D eigenvalue weighted by molar-refractivity contribution is 7.12. The van der Waals surface area contributed by atoms with Crippen LogP contribution >= 0.6 is 11.3 Å². The van der Waals surface area contributed by atoms with Crippen molar-refractivity contribution in [1.82, 2.24) is 0 Å². The monoisotopic (exact) mass is 209 g/mol. The highest BCUT2D eigenvalue weighted by Crippen LogP contribution is 2.39. The smallest absolute Gasteiger partial charge is 0.0504 e. The Balaban J connectivity index is 2.16. The van der Waals surface area contributed by atoms with Gasteiger partial charge in [0.15, 0.2) is 0 Å². The van der Waals surface area contributed by atoms with E-state index < -0.39 is 0 Å². The van der Waals surface area contributed by atoms with Gasteiger partial charge < -0.3 is 5.73 Å². The molecule has 1 heterocycles. The Morgan fingerprint density at radius 1 is 1.36 bits per heavy atom. The van der Waals surface area contributed by atoms with Gasteiger partial charge in [-0.2, -0.15) is 0 Å². The van der Waals surface area contributed by atoms with Gasteiger partial charge in [0.25, 0.3) is 0 Å². The maximum Gasteiger partial charge on any atom is 0.0504 e. The summed E-state index contributed by atoms with van der Waals surface area (Å²) in [5.74, 6) is 0.868. The van der Waals surface area contributed by atoms with Gasteiger partial charge in [-0.1, -0.05) is 6.92 Å². The second-order valence-corrected chi connectivity index (χ2v) is 6.04. The van der Waals surface area contributed by atoms with E-state index in [1.54, 1.807) is 0 Å². The predicted octanol–water partition coefficient (Wildman–Crippen LogP) is 3.42. The van der Waals surface area contributed by atoms with Crippen LogP contribution in [0.4, 0.5) is 0 Å². The lowest BCUT2D eigenvalue weighted by Crippen LogP contribution is -2.39. The fraction of sp³-hybridized carbons (Fsp3) is 0.667. The molecule has 0 radical (unpaired) electrons. The molecule has 0 spiro atoms. The third-order valence-electron chi connectivity index (χ3n) is 3.40. The van der Waals surface area contributed by atoms with Crippen LogP contribution in [0.1, 0.15) is 42.4 Å². The number of nitrogens with two attached hydrogens (primary N) is 1. The number of aryl methyl sites for hydroxylation is 1. The van der Waals surface area contributed by atoms with Gasteiger partial charge in [-0.05, 0) is 50.7 Å². The van der Waals surface area contributed by atoms with Crippen molar-refractivity contribution in [1.29, 1.82) is 0 Å². The zero-order valence-corrected chi connectivity index (χ0v) is 9.86. The normalized spacial score (nSPS) is 33.2. The van der Waals surface area contributed by atoms with Gasteiger partial charge in [0.05, 0.1) is 5.54 Å². The van der Waals surface area contributed by atoms with Gasteiger partial charge >= 0.3 is 0 Å². The molecule has 0 atom stereocenters. The van der Waals surface area contributed by atoms with Crippen molar-refractivity contribution in [3.05, 3.63) is 21.9 Å². The van der Waals surface area contributed by atoms with E-state index in [9.17, 15) is 0 Å². The first kappa shape index (κ1) is 10.2. The second kappa shape index (κ2) is 3.67. The molecule has 1 aliphatic rings. The van der Waals surface area contributed by atoms with Crippen LogP contribution in [0.2, 0.25) is 0 Å². The maximum absolute atomic E-state index is 6.47. The minimum atomic E-state index is -0.00850. The average molecular weight is 209 g/mol. The molecule has 2 heteroatoms. The zero-order chi connectivity index (χ0) is 10.2. The largest absolute Gasteiger partial charge is 0.321 e. The summed E-state index contributed by atoms with van der Waals surface area (Å²) in [6.07, 6.45) is 4.89. The van der Waals surface area contributed by atoms with Gasteiger partial charge in [-0.15, -0.1) is 11.3 Å². The standard InChI is InChI=1S/C12H19NS/c1-9-5-7-12(13,8-6-9)11-4-3-10(2)14-11/h3-4,9H,5-8,13H2,1-2H3. The first-order valence-electron chi connectivity index (χ1n) is 5.46. The van der Waals surface area contributed by atoms with Crippen molar-refractivity contribution in [3.8, 4) is 0 Å². The minimum Gasteiger partial charge on any atom is -0.321 e. The molecule has 1 saturated carbocycles. The minimum absolute atomic E-state index is 0.00850. The molecule has 1 aliphatic carbocycles. The summed E-state index contributed by atoms with van der Waals surface area (Å²) in [6, 6.07) is 4.41. The quantitative estimate of drug-likeness (QED) is 0.753. The Morgan fingerprint density at radius 2 is 2.00 bits per heavy atom. The molecule has 0 saturated heterocycles. The van der Waals surface area contributed by atoms with Crippen LogP contribution in [0.3, 0.4) is 0 Å². The molecule has 2 rings (SSSR count). The van der Waals surface area contributed by atoms with Crippen LogP contribution in [0.25, 0.3) is 0 Å². The lowest BCUT2D eigenvalue weighted by atomic mass is 9.77. The van der Waals surface area contributed by atoms with E-state index >= 15 is 0 Å². The van der Waals surface area contributed by atoms with Crippen LogP contribution < -0.4 is 5.73 Å².